The topological polar surface area (TPSA) is 56.3 Å². The van der Waals surface area contributed by atoms with Gasteiger partial charge in [-0.2, -0.15) is 0 Å². The van der Waals surface area contributed by atoms with Crippen LogP contribution in [-0.2, 0) is 6.42 Å². The van der Waals surface area contributed by atoms with E-state index in [0.29, 0.717) is 17.4 Å². The van der Waals surface area contributed by atoms with E-state index in [1.54, 1.807) is 7.11 Å². The van der Waals surface area contributed by atoms with Gasteiger partial charge in [0.1, 0.15) is 12.1 Å². The highest BCUT2D eigenvalue weighted by atomic mass is 16.5. The molecule has 2 rings (SSSR count). The highest BCUT2D eigenvalue weighted by molar-refractivity contribution is 5.51. The number of para-hydroxylation sites is 2. The van der Waals surface area contributed by atoms with Crippen LogP contribution in [0.1, 0.15) is 25.8 Å². The van der Waals surface area contributed by atoms with E-state index in [4.69, 9.17) is 9.47 Å². The van der Waals surface area contributed by atoms with E-state index in [1.807, 2.05) is 31.2 Å². The van der Waals surface area contributed by atoms with Gasteiger partial charge in [0.25, 0.3) is 0 Å². The van der Waals surface area contributed by atoms with E-state index in [2.05, 4.69) is 22.2 Å². The first-order chi connectivity index (χ1) is 10.3. The second kappa shape index (κ2) is 7.47. The third-order valence-corrected chi connectivity index (χ3v) is 3.03. The Morgan fingerprint density at radius 2 is 1.86 bits per heavy atom. The van der Waals surface area contributed by atoms with Gasteiger partial charge < -0.3 is 14.8 Å². The lowest BCUT2D eigenvalue weighted by molar-refractivity contribution is 0.372. The minimum absolute atomic E-state index is 0.576. The fourth-order valence-electron chi connectivity index (χ4n) is 2.09. The highest BCUT2D eigenvalue weighted by Gasteiger charge is 2.14. The number of nitrogens with zero attached hydrogens (tertiary/aromatic N) is 2. The zero-order valence-corrected chi connectivity index (χ0v) is 12.7. The van der Waals surface area contributed by atoms with Crippen molar-refractivity contribution in [3.8, 4) is 17.4 Å². The summed E-state index contributed by atoms with van der Waals surface area (Å²) >= 11 is 0. The fraction of sp³-hybridized carbons (Fsp3) is 0.375. The van der Waals surface area contributed by atoms with E-state index < -0.39 is 0 Å². The Kier molecular flexibility index (Phi) is 5.37. The third-order valence-electron chi connectivity index (χ3n) is 3.03. The van der Waals surface area contributed by atoms with Crippen LogP contribution in [-0.4, -0.2) is 23.6 Å². The van der Waals surface area contributed by atoms with Gasteiger partial charge in [0.15, 0.2) is 11.5 Å². The molecule has 0 aliphatic rings. The number of anilines is 1. The van der Waals surface area contributed by atoms with Crippen LogP contribution in [0, 0.1) is 0 Å². The van der Waals surface area contributed by atoms with Crippen LogP contribution in [0.2, 0.25) is 0 Å². The molecule has 112 valence electrons. The van der Waals surface area contributed by atoms with E-state index >= 15 is 0 Å². The normalized spacial score (nSPS) is 10.2. The molecule has 0 aliphatic carbocycles. The molecule has 0 spiro atoms. The lowest BCUT2D eigenvalue weighted by Gasteiger charge is -2.14. The molecular formula is C16H21N3O2. The number of benzene rings is 1. The SMILES string of the molecule is CCCc1c(NCC)ncnc1Oc1ccccc1OC. The van der Waals surface area contributed by atoms with Crippen LogP contribution in [0.4, 0.5) is 5.82 Å². The van der Waals surface area contributed by atoms with Gasteiger partial charge in [-0.15, -0.1) is 0 Å². The smallest absolute Gasteiger partial charge is 0.227 e. The first-order valence-electron chi connectivity index (χ1n) is 7.18. The highest BCUT2D eigenvalue weighted by Crippen LogP contribution is 2.33. The monoisotopic (exact) mass is 287 g/mol. The quantitative estimate of drug-likeness (QED) is 0.842. The second-order valence-electron chi connectivity index (χ2n) is 4.54. The van der Waals surface area contributed by atoms with Crippen LogP contribution in [0.25, 0.3) is 0 Å². The Balaban J connectivity index is 2.36. The maximum absolute atomic E-state index is 5.95. The lowest BCUT2D eigenvalue weighted by Crippen LogP contribution is -2.06. The van der Waals surface area contributed by atoms with Crippen LogP contribution in [0.3, 0.4) is 0 Å². The van der Waals surface area contributed by atoms with Crippen molar-refractivity contribution in [1.29, 1.82) is 0 Å². The molecular weight excluding hydrogens is 266 g/mol. The molecule has 0 fully saturated rings. The van der Waals surface area contributed by atoms with Crippen LogP contribution < -0.4 is 14.8 Å². The summed E-state index contributed by atoms with van der Waals surface area (Å²) in [6, 6.07) is 7.54. The molecule has 0 atom stereocenters. The summed E-state index contributed by atoms with van der Waals surface area (Å²) in [5.41, 5.74) is 0.993. The molecule has 2 aromatic rings. The Hall–Kier alpha value is -2.30. The fourth-order valence-corrected chi connectivity index (χ4v) is 2.09. The Morgan fingerprint density at radius 1 is 1.10 bits per heavy atom. The summed E-state index contributed by atoms with van der Waals surface area (Å²) in [7, 11) is 1.62. The molecule has 21 heavy (non-hydrogen) atoms. The molecule has 0 bridgehead atoms. The minimum Gasteiger partial charge on any atom is -0.493 e. The molecule has 0 saturated carbocycles. The molecule has 0 unspecified atom stereocenters. The standard InChI is InChI=1S/C16H21N3O2/c1-4-8-12-15(17-5-2)18-11-19-16(12)21-14-10-7-6-9-13(14)20-3/h6-7,9-11H,4-5,8H2,1-3H3,(H,17,18,19). The molecule has 1 aromatic heterocycles. The van der Waals surface area contributed by atoms with E-state index in [0.717, 1.165) is 30.8 Å². The average molecular weight is 287 g/mol. The lowest BCUT2D eigenvalue weighted by atomic mass is 10.1. The summed E-state index contributed by atoms with van der Waals surface area (Å²) in [4.78, 5) is 8.58. The van der Waals surface area contributed by atoms with Crippen molar-refractivity contribution >= 4 is 5.82 Å². The molecule has 5 nitrogen and oxygen atoms in total. The first-order valence-corrected chi connectivity index (χ1v) is 7.18. The van der Waals surface area contributed by atoms with Crippen LogP contribution in [0.5, 0.6) is 17.4 Å². The summed E-state index contributed by atoms with van der Waals surface area (Å²) in [6.07, 6.45) is 3.36. The summed E-state index contributed by atoms with van der Waals surface area (Å²) in [5.74, 6) is 2.74. The number of ether oxygens (including phenoxy) is 2. The number of hydrogen-bond donors (Lipinski definition) is 1. The number of hydrogen-bond acceptors (Lipinski definition) is 5. The predicted octanol–water partition coefficient (Wildman–Crippen LogP) is 3.66. The number of aromatic nitrogens is 2. The molecule has 1 heterocycles. The van der Waals surface area contributed by atoms with Gasteiger partial charge in [-0.1, -0.05) is 25.5 Å². The Morgan fingerprint density at radius 3 is 2.52 bits per heavy atom. The average Bonchev–Trinajstić information content (AvgIpc) is 2.51. The number of nitrogens with one attached hydrogen (secondary N) is 1. The van der Waals surface area contributed by atoms with E-state index in [9.17, 15) is 0 Å². The number of rotatable bonds is 7. The minimum atomic E-state index is 0.576. The van der Waals surface area contributed by atoms with Gasteiger partial charge >= 0.3 is 0 Å². The largest absolute Gasteiger partial charge is 0.493 e. The molecule has 5 heteroatoms. The van der Waals surface area contributed by atoms with Crippen molar-refractivity contribution in [1.82, 2.24) is 9.97 Å². The van der Waals surface area contributed by atoms with Crippen molar-refractivity contribution in [3.05, 3.63) is 36.2 Å². The van der Waals surface area contributed by atoms with Gasteiger partial charge in [-0.3, -0.25) is 0 Å². The van der Waals surface area contributed by atoms with Gasteiger partial charge in [-0.05, 0) is 25.5 Å². The zero-order chi connectivity index (χ0) is 15.1. The molecule has 0 radical (unpaired) electrons. The predicted molar refractivity (Wildman–Crippen MR) is 83.3 cm³/mol. The van der Waals surface area contributed by atoms with E-state index in [-0.39, 0.29) is 0 Å². The van der Waals surface area contributed by atoms with Crippen LogP contribution >= 0.6 is 0 Å². The third kappa shape index (κ3) is 3.62. The van der Waals surface area contributed by atoms with E-state index in [1.165, 1.54) is 6.33 Å². The summed E-state index contributed by atoms with van der Waals surface area (Å²) < 4.78 is 11.3. The zero-order valence-electron chi connectivity index (χ0n) is 12.7. The summed E-state index contributed by atoms with van der Waals surface area (Å²) in [5, 5.41) is 3.25. The molecule has 0 aliphatic heterocycles. The van der Waals surface area contributed by atoms with Crippen molar-refractivity contribution in [2.45, 2.75) is 26.7 Å². The van der Waals surface area contributed by atoms with Gasteiger partial charge in [0.05, 0.1) is 12.7 Å². The Bertz CT molecular complexity index is 587. The number of methoxy groups -OCH3 is 1. The molecule has 0 saturated heterocycles. The molecule has 1 aromatic carbocycles. The van der Waals surface area contributed by atoms with Crippen molar-refractivity contribution in [2.75, 3.05) is 19.0 Å². The van der Waals surface area contributed by atoms with Crippen molar-refractivity contribution in [3.63, 3.8) is 0 Å². The van der Waals surface area contributed by atoms with Crippen molar-refractivity contribution < 1.29 is 9.47 Å². The van der Waals surface area contributed by atoms with Crippen LogP contribution in [0.15, 0.2) is 30.6 Å². The first kappa shape index (κ1) is 15.1. The molecule has 1 N–H and O–H groups in total. The van der Waals surface area contributed by atoms with Gasteiger partial charge in [-0.25, -0.2) is 9.97 Å². The maximum Gasteiger partial charge on any atom is 0.227 e. The summed E-state index contributed by atoms with van der Waals surface area (Å²) in [6.45, 7) is 4.97. The van der Waals surface area contributed by atoms with Crippen molar-refractivity contribution in [2.24, 2.45) is 0 Å². The Labute approximate surface area is 125 Å². The maximum atomic E-state index is 5.95. The van der Waals surface area contributed by atoms with Gasteiger partial charge in [0.2, 0.25) is 5.88 Å². The van der Waals surface area contributed by atoms with Gasteiger partial charge in [0, 0.05) is 6.54 Å². The second-order valence-corrected chi connectivity index (χ2v) is 4.54. The molecule has 0 amide bonds.